The van der Waals surface area contributed by atoms with Crippen molar-refractivity contribution in [2.75, 3.05) is 18.0 Å². The normalized spacial score (nSPS) is 10.1. The van der Waals surface area contributed by atoms with Crippen molar-refractivity contribution in [2.45, 2.75) is 20.8 Å². The highest BCUT2D eigenvalue weighted by Gasteiger charge is 2.13. The molecule has 0 saturated carbocycles. The number of rotatable bonds is 4. The Morgan fingerprint density at radius 2 is 2.07 bits per heavy atom. The summed E-state index contributed by atoms with van der Waals surface area (Å²) in [6.07, 6.45) is 1.55. The standard InChI is InChI=1S/C10H15N3O2/c1-4-13(5-2)10-11-6-7(3)8(12-10)9(14)15/h6H,4-5H2,1-3H3,(H,14,15). The van der Waals surface area contributed by atoms with Crippen molar-refractivity contribution in [3.8, 4) is 0 Å². The number of anilines is 1. The molecule has 1 N–H and O–H groups in total. The van der Waals surface area contributed by atoms with Crippen LogP contribution < -0.4 is 4.90 Å². The molecule has 0 spiro atoms. The van der Waals surface area contributed by atoms with Crippen LogP contribution in [-0.4, -0.2) is 34.1 Å². The van der Waals surface area contributed by atoms with Gasteiger partial charge in [0.1, 0.15) is 0 Å². The van der Waals surface area contributed by atoms with E-state index in [9.17, 15) is 4.79 Å². The number of aromatic nitrogens is 2. The molecule has 15 heavy (non-hydrogen) atoms. The van der Waals surface area contributed by atoms with E-state index in [1.54, 1.807) is 13.1 Å². The monoisotopic (exact) mass is 209 g/mol. The fourth-order valence-corrected chi connectivity index (χ4v) is 1.31. The highest BCUT2D eigenvalue weighted by molar-refractivity contribution is 5.87. The average Bonchev–Trinajstić information content (AvgIpc) is 2.21. The maximum atomic E-state index is 10.9. The molecule has 0 saturated heterocycles. The Kier molecular flexibility index (Phi) is 3.60. The Morgan fingerprint density at radius 3 is 2.53 bits per heavy atom. The molecule has 1 rings (SSSR count). The maximum absolute atomic E-state index is 10.9. The molecule has 5 heteroatoms. The highest BCUT2D eigenvalue weighted by Crippen LogP contribution is 2.10. The van der Waals surface area contributed by atoms with Crippen molar-refractivity contribution < 1.29 is 9.90 Å². The zero-order valence-corrected chi connectivity index (χ0v) is 9.19. The van der Waals surface area contributed by atoms with E-state index < -0.39 is 5.97 Å². The number of hydrogen-bond donors (Lipinski definition) is 1. The van der Waals surface area contributed by atoms with Crippen LogP contribution in [0.2, 0.25) is 0 Å². The molecule has 0 fully saturated rings. The summed E-state index contributed by atoms with van der Waals surface area (Å²) >= 11 is 0. The van der Waals surface area contributed by atoms with Crippen LogP contribution in [0, 0.1) is 6.92 Å². The van der Waals surface area contributed by atoms with Crippen molar-refractivity contribution in [1.82, 2.24) is 9.97 Å². The summed E-state index contributed by atoms with van der Waals surface area (Å²) in [6.45, 7) is 7.17. The lowest BCUT2D eigenvalue weighted by molar-refractivity contribution is 0.0689. The SMILES string of the molecule is CCN(CC)c1ncc(C)c(C(=O)O)n1. The van der Waals surface area contributed by atoms with Gasteiger partial charge in [0.15, 0.2) is 5.69 Å². The van der Waals surface area contributed by atoms with Crippen molar-refractivity contribution in [1.29, 1.82) is 0 Å². The number of nitrogens with zero attached hydrogens (tertiary/aromatic N) is 3. The van der Waals surface area contributed by atoms with Gasteiger partial charge >= 0.3 is 5.97 Å². The third-order valence-corrected chi connectivity index (χ3v) is 2.21. The lowest BCUT2D eigenvalue weighted by atomic mass is 10.2. The second kappa shape index (κ2) is 4.72. The van der Waals surface area contributed by atoms with Crippen molar-refractivity contribution >= 4 is 11.9 Å². The van der Waals surface area contributed by atoms with Crippen LogP contribution in [0.4, 0.5) is 5.95 Å². The van der Waals surface area contributed by atoms with Crippen molar-refractivity contribution in [3.05, 3.63) is 17.5 Å². The highest BCUT2D eigenvalue weighted by atomic mass is 16.4. The molecular formula is C10H15N3O2. The van der Waals surface area contributed by atoms with E-state index in [0.29, 0.717) is 11.5 Å². The summed E-state index contributed by atoms with van der Waals surface area (Å²) in [7, 11) is 0. The van der Waals surface area contributed by atoms with E-state index in [2.05, 4.69) is 9.97 Å². The number of aryl methyl sites for hydroxylation is 1. The molecule has 0 radical (unpaired) electrons. The van der Waals surface area contributed by atoms with E-state index in [-0.39, 0.29) is 5.69 Å². The van der Waals surface area contributed by atoms with Crippen LogP contribution >= 0.6 is 0 Å². The van der Waals surface area contributed by atoms with Gasteiger partial charge in [-0.05, 0) is 20.8 Å². The summed E-state index contributed by atoms with van der Waals surface area (Å²) < 4.78 is 0. The van der Waals surface area contributed by atoms with Gasteiger partial charge in [-0.25, -0.2) is 14.8 Å². The summed E-state index contributed by atoms with van der Waals surface area (Å²) in [4.78, 5) is 20.9. The molecule has 1 aromatic heterocycles. The van der Waals surface area contributed by atoms with Gasteiger partial charge in [-0.3, -0.25) is 0 Å². The molecule has 82 valence electrons. The van der Waals surface area contributed by atoms with Gasteiger partial charge in [0.2, 0.25) is 5.95 Å². The van der Waals surface area contributed by atoms with Crippen LogP contribution in [-0.2, 0) is 0 Å². The van der Waals surface area contributed by atoms with E-state index in [0.717, 1.165) is 13.1 Å². The first-order valence-corrected chi connectivity index (χ1v) is 4.92. The second-order valence-electron chi connectivity index (χ2n) is 3.18. The van der Waals surface area contributed by atoms with Crippen LogP contribution in [0.5, 0.6) is 0 Å². The minimum Gasteiger partial charge on any atom is -0.476 e. The van der Waals surface area contributed by atoms with Crippen molar-refractivity contribution in [2.24, 2.45) is 0 Å². The van der Waals surface area contributed by atoms with E-state index >= 15 is 0 Å². The number of carbonyl (C=O) groups is 1. The summed E-state index contributed by atoms with van der Waals surface area (Å²) in [6, 6.07) is 0. The number of carboxylic acids is 1. The lowest BCUT2D eigenvalue weighted by Gasteiger charge is -2.18. The summed E-state index contributed by atoms with van der Waals surface area (Å²) in [5.74, 6) is -0.536. The Labute approximate surface area is 88.8 Å². The summed E-state index contributed by atoms with van der Waals surface area (Å²) in [5.41, 5.74) is 0.658. The molecule has 0 bridgehead atoms. The van der Waals surface area contributed by atoms with Crippen LogP contribution in [0.3, 0.4) is 0 Å². The fraction of sp³-hybridized carbons (Fsp3) is 0.500. The summed E-state index contributed by atoms with van der Waals surface area (Å²) in [5, 5.41) is 8.91. The molecule has 0 aliphatic heterocycles. The predicted molar refractivity (Wildman–Crippen MR) is 57.3 cm³/mol. The fourth-order valence-electron chi connectivity index (χ4n) is 1.31. The van der Waals surface area contributed by atoms with Gasteiger partial charge in [-0.15, -0.1) is 0 Å². The third-order valence-electron chi connectivity index (χ3n) is 2.21. The van der Waals surface area contributed by atoms with Gasteiger partial charge in [-0.2, -0.15) is 0 Å². The predicted octanol–water partition coefficient (Wildman–Crippen LogP) is 1.33. The Bertz CT molecular complexity index is 362. The van der Waals surface area contributed by atoms with Gasteiger partial charge in [0.25, 0.3) is 0 Å². The molecule has 5 nitrogen and oxygen atoms in total. The van der Waals surface area contributed by atoms with Gasteiger partial charge in [0, 0.05) is 24.8 Å². The van der Waals surface area contributed by atoms with E-state index in [1.807, 2.05) is 18.7 Å². The smallest absolute Gasteiger partial charge is 0.354 e. The zero-order valence-electron chi connectivity index (χ0n) is 9.19. The maximum Gasteiger partial charge on any atom is 0.354 e. The Morgan fingerprint density at radius 1 is 1.47 bits per heavy atom. The van der Waals surface area contributed by atoms with Crippen LogP contribution in [0.25, 0.3) is 0 Å². The van der Waals surface area contributed by atoms with Crippen LogP contribution in [0.15, 0.2) is 6.20 Å². The van der Waals surface area contributed by atoms with Gasteiger partial charge in [0.05, 0.1) is 0 Å². The van der Waals surface area contributed by atoms with Gasteiger partial charge < -0.3 is 10.0 Å². The minimum atomic E-state index is -1.01. The van der Waals surface area contributed by atoms with Crippen LogP contribution in [0.1, 0.15) is 29.9 Å². The number of hydrogen-bond acceptors (Lipinski definition) is 4. The minimum absolute atomic E-state index is 0.0758. The largest absolute Gasteiger partial charge is 0.476 e. The Balaban J connectivity index is 3.11. The van der Waals surface area contributed by atoms with Gasteiger partial charge in [-0.1, -0.05) is 0 Å². The quantitative estimate of drug-likeness (QED) is 0.810. The van der Waals surface area contributed by atoms with E-state index in [4.69, 9.17) is 5.11 Å². The molecule has 0 aliphatic carbocycles. The zero-order chi connectivity index (χ0) is 11.4. The Hall–Kier alpha value is -1.65. The number of carboxylic acid groups (broad SMARTS) is 1. The van der Waals surface area contributed by atoms with E-state index in [1.165, 1.54) is 0 Å². The molecule has 1 heterocycles. The first-order valence-electron chi connectivity index (χ1n) is 4.92. The topological polar surface area (TPSA) is 66.3 Å². The first kappa shape index (κ1) is 11.4. The second-order valence-corrected chi connectivity index (χ2v) is 3.18. The molecule has 0 aliphatic rings. The lowest BCUT2D eigenvalue weighted by Crippen LogP contribution is -2.25. The molecule has 0 aromatic carbocycles. The molecule has 0 amide bonds. The molecule has 0 atom stereocenters. The third kappa shape index (κ3) is 2.43. The van der Waals surface area contributed by atoms with Crippen molar-refractivity contribution in [3.63, 3.8) is 0 Å². The number of aromatic carboxylic acids is 1. The molecular weight excluding hydrogens is 194 g/mol. The first-order chi connectivity index (χ1) is 7.10. The molecule has 0 unspecified atom stereocenters. The molecule has 1 aromatic rings. The average molecular weight is 209 g/mol.